The van der Waals surface area contributed by atoms with Crippen molar-refractivity contribution in [3.05, 3.63) is 59.1 Å². The summed E-state index contributed by atoms with van der Waals surface area (Å²) in [6, 6.07) is 13.1. The van der Waals surface area contributed by atoms with Crippen molar-refractivity contribution < 1.29 is 22.7 Å². The van der Waals surface area contributed by atoms with Crippen LogP contribution in [0.1, 0.15) is 15.4 Å². The number of amides is 1. The predicted octanol–water partition coefficient (Wildman–Crippen LogP) is 3.28. The van der Waals surface area contributed by atoms with Gasteiger partial charge in [-0.05, 0) is 31.2 Å². The standard InChI is InChI=1S/C19H17N3O5S2/c1-12-17(18(23)21-13-7-8-15-16(11-13)27-10-9-26-15)28-19(20-12)22-29(24,25)14-5-3-2-4-6-14/h2-8,11H,9-10H2,1H3,(H,20,22)(H,21,23). The third-order valence-corrected chi connectivity index (χ3v) is 6.63. The van der Waals surface area contributed by atoms with E-state index in [1.54, 1.807) is 43.3 Å². The van der Waals surface area contributed by atoms with Gasteiger partial charge in [-0.25, -0.2) is 13.4 Å². The summed E-state index contributed by atoms with van der Waals surface area (Å²) in [6.07, 6.45) is 0. The second-order valence-corrected chi connectivity index (χ2v) is 8.85. The summed E-state index contributed by atoms with van der Waals surface area (Å²) in [5, 5.41) is 2.90. The zero-order chi connectivity index (χ0) is 20.4. The minimum Gasteiger partial charge on any atom is -0.486 e. The van der Waals surface area contributed by atoms with Crippen LogP contribution < -0.4 is 19.5 Å². The van der Waals surface area contributed by atoms with Gasteiger partial charge in [-0.2, -0.15) is 0 Å². The van der Waals surface area contributed by atoms with Gasteiger partial charge in [0.25, 0.3) is 15.9 Å². The number of ether oxygens (including phenoxy) is 2. The SMILES string of the molecule is Cc1nc(NS(=O)(=O)c2ccccc2)sc1C(=O)Nc1ccc2c(c1)OCCO2. The van der Waals surface area contributed by atoms with Crippen LogP contribution in [0.4, 0.5) is 10.8 Å². The van der Waals surface area contributed by atoms with Gasteiger partial charge in [-0.15, -0.1) is 0 Å². The van der Waals surface area contributed by atoms with E-state index in [1.807, 2.05) is 0 Å². The minimum atomic E-state index is -3.78. The minimum absolute atomic E-state index is 0.120. The number of carbonyl (C=O) groups is 1. The summed E-state index contributed by atoms with van der Waals surface area (Å²) in [7, 11) is -3.78. The first-order chi connectivity index (χ1) is 13.9. The zero-order valence-corrected chi connectivity index (χ0v) is 17.0. The largest absolute Gasteiger partial charge is 0.486 e. The first kappa shape index (κ1) is 19.2. The van der Waals surface area contributed by atoms with E-state index in [4.69, 9.17) is 9.47 Å². The van der Waals surface area contributed by atoms with E-state index in [2.05, 4.69) is 15.0 Å². The molecule has 2 heterocycles. The highest BCUT2D eigenvalue weighted by molar-refractivity contribution is 7.93. The van der Waals surface area contributed by atoms with E-state index in [0.29, 0.717) is 41.0 Å². The summed E-state index contributed by atoms with van der Waals surface area (Å²) in [4.78, 5) is 17.3. The molecule has 0 aliphatic carbocycles. The second-order valence-electron chi connectivity index (χ2n) is 6.16. The van der Waals surface area contributed by atoms with Crippen molar-refractivity contribution in [2.45, 2.75) is 11.8 Å². The number of hydrogen-bond donors (Lipinski definition) is 2. The number of aryl methyl sites for hydroxylation is 1. The van der Waals surface area contributed by atoms with Crippen LogP contribution in [-0.2, 0) is 10.0 Å². The van der Waals surface area contributed by atoms with Gasteiger partial charge < -0.3 is 14.8 Å². The molecule has 10 heteroatoms. The lowest BCUT2D eigenvalue weighted by Crippen LogP contribution is -2.16. The number of sulfonamides is 1. The number of rotatable bonds is 5. The van der Waals surface area contributed by atoms with Crippen LogP contribution >= 0.6 is 11.3 Å². The average Bonchev–Trinajstić information content (AvgIpc) is 3.08. The Labute approximate surface area is 171 Å². The van der Waals surface area contributed by atoms with Gasteiger partial charge in [-0.3, -0.25) is 9.52 Å². The Hall–Kier alpha value is -3.11. The highest BCUT2D eigenvalue weighted by Gasteiger charge is 2.21. The molecule has 0 fully saturated rings. The molecule has 1 amide bonds. The highest BCUT2D eigenvalue weighted by Crippen LogP contribution is 2.33. The molecule has 1 aliphatic rings. The average molecular weight is 431 g/mol. The Morgan fingerprint density at radius 2 is 1.79 bits per heavy atom. The fourth-order valence-electron chi connectivity index (χ4n) is 2.73. The molecule has 8 nitrogen and oxygen atoms in total. The maximum absolute atomic E-state index is 12.7. The number of anilines is 2. The molecule has 2 aromatic carbocycles. The van der Waals surface area contributed by atoms with Crippen molar-refractivity contribution >= 4 is 38.1 Å². The lowest BCUT2D eigenvalue weighted by atomic mass is 10.2. The Kier molecular flexibility index (Phi) is 5.12. The van der Waals surface area contributed by atoms with Crippen LogP contribution in [0.25, 0.3) is 0 Å². The number of carbonyl (C=O) groups excluding carboxylic acids is 1. The highest BCUT2D eigenvalue weighted by atomic mass is 32.2. The fourth-order valence-corrected chi connectivity index (χ4v) is 4.85. The summed E-state index contributed by atoms with van der Waals surface area (Å²) in [5.74, 6) is 0.800. The molecule has 150 valence electrons. The van der Waals surface area contributed by atoms with Crippen LogP contribution in [0.2, 0.25) is 0 Å². The van der Waals surface area contributed by atoms with Crippen LogP contribution in [-0.4, -0.2) is 32.5 Å². The lowest BCUT2D eigenvalue weighted by Gasteiger charge is -2.18. The molecule has 3 aromatic rings. The van der Waals surface area contributed by atoms with Gasteiger partial charge in [0.2, 0.25) is 0 Å². The molecule has 2 N–H and O–H groups in total. The Bertz CT molecular complexity index is 1160. The molecule has 1 aromatic heterocycles. The molecule has 0 unspecified atom stereocenters. The van der Waals surface area contributed by atoms with E-state index in [1.165, 1.54) is 12.1 Å². The molecule has 0 radical (unpaired) electrons. The maximum Gasteiger partial charge on any atom is 0.267 e. The molecule has 0 spiro atoms. The van der Waals surface area contributed by atoms with Crippen molar-refractivity contribution in [1.82, 2.24) is 4.98 Å². The molecular formula is C19H17N3O5S2. The Morgan fingerprint density at radius 1 is 1.07 bits per heavy atom. The summed E-state index contributed by atoms with van der Waals surface area (Å²) < 4.78 is 38.3. The summed E-state index contributed by atoms with van der Waals surface area (Å²) in [6.45, 7) is 2.58. The molecule has 4 rings (SSSR count). The van der Waals surface area contributed by atoms with E-state index >= 15 is 0 Å². The van der Waals surface area contributed by atoms with Crippen molar-refractivity contribution in [1.29, 1.82) is 0 Å². The number of nitrogens with one attached hydrogen (secondary N) is 2. The number of hydrogen-bond acceptors (Lipinski definition) is 7. The summed E-state index contributed by atoms with van der Waals surface area (Å²) >= 11 is 0.968. The van der Waals surface area contributed by atoms with Gasteiger partial charge >= 0.3 is 0 Å². The van der Waals surface area contributed by atoms with Gasteiger partial charge in [-0.1, -0.05) is 29.5 Å². The first-order valence-electron chi connectivity index (χ1n) is 8.69. The third kappa shape index (κ3) is 4.17. The smallest absolute Gasteiger partial charge is 0.267 e. The third-order valence-electron chi connectivity index (χ3n) is 4.08. The zero-order valence-electron chi connectivity index (χ0n) is 15.3. The van der Waals surface area contributed by atoms with Crippen LogP contribution in [0.3, 0.4) is 0 Å². The molecule has 29 heavy (non-hydrogen) atoms. The number of thiazole rings is 1. The normalized spacial score (nSPS) is 13.0. The van der Waals surface area contributed by atoms with Gasteiger partial charge in [0.1, 0.15) is 18.1 Å². The number of nitrogens with zero attached hydrogens (tertiary/aromatic N) is 1. The molecule has 0 bridgehead atoms. The summed E-state index contributed by atoms with van der Waals surface area (Å²) in [5.41, 5.74) is 0.967. The van der Waals surface area contributed by atoms with E-state index in [-0.39, 0.29) is 15.9 Å². The number of benzene rings is 2. The van der Waals surface area contributed by atoms with Crippen LogP contribution in [0.5, 0.6) is 11.5 Å². The van der Waals surface area contributed by atoms with E-state index in [9.17, 15) is 13.2 Å². The molecule has 1 aliphatic heterocycles. The second kappa shape index (κ2) is 7.72. The molecule has 0 saturated heterocycles. The van der Waals surface area contributed by atoms with Crippen LogP contribution in [0.15, 0.2) is 53.4 Å². The Balaban J connectivity index is 1.51. The van der Waals surface area contributed by atoms with Gasteiger partial charge in [0, 0.05) is 11.8 Å². The van der Waals surface area contributed by atoms with E-state index in [0.717, 1.165) is 11.3 Å². The molecule has 0 atom stereocenters. The van der Waals surface area contributed by atoms with Crippen molar-refractivity contribution in [3.8, 4) is 11.5 Å². The van der Waals surface area contributed by atoms with Gasteiger partial charge in [0.15, 0.2) is 16.6 Å². The monoisotopic (exact) mass is 431 g/mol. The predicted molar refractivity (Wildman–Crippen MR) is 109 cm³/mol. The van der Waals surface area contributed by atoms with Crippen molar-refractivity contribution in [3.63, 3.8) is 0 Å². The van der Waals surface area contributed by atoms with Crippen LogP contribution in [0, 0.1) is 6.92 Å². The Morgan fingerprint density at radius 3 is 2.55 bits per heavy atom. The maximum atomic E-state index is 12.7. The fraction of sp³-hybridized carbons (Fsp3) is 0.158. The quantitative estimate of drug-likeness (QED) is 0.642. The van der Waals surface area contributed by atoms with E-state index < -0.39 is 10.0 Å². The first-order valence-corrected chi connectivity index (χ1v) is 11.0. The van der Waals surface area contributed by atoms with Crippen molar-refractivity contribution in [2.24, 2.45) is 0 Å². The number of aromatic nitrogens is 1. The van der Waals surface area contributed by atoms with Crippen molar-refractivity contribution in [2.75, 3.05) is 23.3 Å². The lowest BCUT2D eigenvalue weighted by molar-refractivity contribution is 0.102. The number of fused-ring (bicyclic) bond motifs is 1. The van der Waals surface area contributed by atoms with Gasteiger partial charge in [0.05, 0.1) is 10.6 Å². The topological polar surface area (TPSA) is 107 Å². The molecular weight excluding hydrogens is 414 g/mol. The molecule has 0 saturated carbocycles.